The van der Waals surface area contributed by atoms with Gasteiger partial charge in [0, 0.05) is 5.41 Å². The smallest absolute Gasteiger partial charge is 0.115 e. The molecule has 0 fully saturated rings. The molecule has 0 heterocycles. The first-order valence-corrected chi connectivity index (χ1v) is 8.08. The quantitative estimate of drug-likeness (QED) is 0.753. The molecule has 3 rings (SSSR count). The number of rotatable bonds is 2. The number of phenolic OH excluding ortho intramolecular Hbond substituents is 2. The SMILES string of the molecule is CC1=CC(C)(C)CC(c2ccc(O)cc2)(c2ccc(O)cc2)C1. The molecule has 0 radical (unpaired) electrons. The second kappa shape index (κ2) is 5.45. The van der Waals surface area contributed by atoms with Gasteiger partial charge in [-0.1, -0.05) is 49.8 Å². The molecule has 0 aromatic heterocycles. The van der Waals surface area contributed by atoms with Crippen molar-refractivity contribution in [2.45, 2.75) is 39.0 Å². The van der Waals surface area contributed by atoms with Gasteiger partial charge < -0.3 is 10.2 Å². The Bertz CT molecular complexity index is 676. The van der Waals surface area contributed by atoms with E-state index in [1.165, 1.54) is 16.7 Å². The molecule has 2 aromatic carbocycles. The van der Waals surface area contributed by atoms with Gasteiger partial charge in [-0.3, -0.25) is 0 Å². The van der Waals surface area contributed by atoms with Gasteiger partial charge in [-0.05, 0) is 60.6 Å². The lowest BCUT2D eigenvalue weighted by Gasteiger charge is -2.44. The van der Waals surface area contributed by atoms with Gasteiger partial charge in [0.2, 0.25) is 0 Å². The van der Waals surface area contributed by atoms with E-state index < -0.39 is 0 Å². The van der Waals surface area contributed by atoms with Crippen molar-refractivity contribution in [1.29, 1.82) is 0 Å². The third-order valence-electron chi connectivity index (χ3n) is 4.81. The van der Waals surface area contributed by atoms with Crippen LogP contribution in [-0.2, 0) is 5.41 Å². The number of allylic oxidation sites excluding steroid dienone is 2. The topological polar surface area (TPSA) is 40.5 Å². The number of aromatic hydroxyl groups is 2. The maximum Gasteiger partial charge on any atom is 0.115 e. The second-order valence-electron chi connectivity index (χ2n) is 7.51. The summed E-state index contributed by atoms with van der Waals surface area (Å²) in [5.41, 5.74) is 3.76. The van der Waals surface area contributed by atoms with Gasteiger partial charge in [0.1, 0.15) is 11.5 Å². The van der Waals surface area contributed by atoms with E-state index >= 15 is 0 Å². The monoisotopic (exact) mass is 308 g/mol. The molecule has 2 heteroatoms. The van der Waals surface area contributed by atoms with Crippen molar-refractivity contribution >= 4 is 0 Å². The highest BCUT2D eigenvalue weighted by molar-refractivity contribution is 5.46. The Morgan fingerprint density at radius 3 is 1.61 bits per heavy atom. The molecule has 2 nitrogen and oxygen atoms in total. The summed E-state index contributed by atoms with van der Waals surface area (Å²) in [6.07, 6.45) is 4.31. The average Bonchev–Trinajstić information content (AvgIpc) is 2.46. The molecule has 0 spiro atoms. The zero-order valence-corrected chi connectivity index (χ0v) is 14.0. The standard InChI is InChI=1S/C21H24O2/c1-15-12-20(2,3)14-21(13-15,16-4-8-18(22)9-5-16)17-6-10-19(23)11-7-17/h4-12,22-23H,13-14H2,1-3H3. The Morgan fingerprint density at radius 2 is 1.22 bits per heavy atom. The maximum atomic E-state index is 9.66. The van der Waals surface area contributed by atoms with E-state index in [1.807, 2.05) is 24.3 Å². The minimum absolute atomic E-state index is 0.0953. The lowest BCUT2D eigenvalue weighted by molar-refractivity contribution is 0.294. The molecule has 23 heavy (non-hydrogen) atoms. The Morgan fingerprint density at radius 1 is 0.783 bits per heavy atom. The Kier molecular flexibility index (Phi) is 3.71. The third-order valence-corrected chi connectivity index (χ3v) is 4.81. The van der Waals surface area contributed by atoms with Crippen LogP contribution in [0.3, 0.4) is 0 Å². The third kappa shape index (κ3) is 2.98. The maximum absolute atomic E-state index is 9.66. The van der Waals surface area contributed by atoms with Gasteiger partial charge in [0.05, 0.1) is 0 Å². The highest BCUT2D eigenvalue weighted by Crippen LogP contribution is 2.51. The van der Waals surface area contributed by atoms with Crippen LogP contribution in [0.5, 0.6) is 11.5 Å². The van der Waals surface area contributed by atoms with Crippen molar-refractivity contribution in [2.24, 2.45) is 5.41 Å². The van der Waals surface area contributed by atoms with Gasteiger partial charge >= 0.3 is 0 Å². The van der Waals surface area contributed by atoms with E-state index in [-0.39, 0.29) is 22.3 Å². The fourth-order valence-corrected chi connectivity index (χ4v) is 4.22. The van der Waals surface area contributed by atoms with E-state index in [2.05, 4.69) is 26.8 Å². The molecule has 1 aliphatic rings. The van der Waals surface area contributed by atoms with E-state index in [0.717, 1.165) is 12.8 Å². The molecule has 0 amide bonds. The highest BCUT2D eigenvalue weighted by Gasteiger charge is 2.41. The van der Waals surface area contributed by atoms with Gasteiger partial charge in [-0.25, -0.2) is 0 Å². The summed E-state index contributed by atoms with van der Waals surface area (Å²) in [4.78, 5) is 0. The van der Waals surface area contributed by atoms with Crippen LogP contribution in [-0.4, -0.2) is 10.2 Å². The van der Waals surface area contributed by atoms with Crippen molar-refractivity contribution in [3.63, 3.8) is 0 Å². The Hall–Kier alpha value is -2.22. The Labute approximate surface area is 138 Å². The van der Waals surface area contributed by atoms with Crippen LogP contribution in [0.25, 0.3) is 0 Å². The van der Waals surface area contributed by atoms with Crippen LogP contribution in [0.15, 0.2) is 60.2 Å². The summed E-state index contributed by atoms with van der Waals surface area (Å²) < 4.78 is 0. The largest absolute Gasteiger partial charge is 0.508 e. The van der Waals surface area contributed by atoms with Crippen LogP contribution < -0.4 is 0 Å². The van der Waals surface area contributed by atoms with Crippen LogP contribution in [0.1, 0.15) is 44.7 Å². The molecule has 120 valence electrons. The summed E-state index contributed by atoms with van der Waals surface area (Å²) in [5, 5.41) is 19.3. The molecule has 0 bridgehead atoms. The summed E-state index contributed by atoms with van der Waals surface area (Å²) in [7, 11) is 0. The minimum atomic E-state index is -0.135. The zero-order chi connectivity index (χ0) is 16.7. The van der Waals surface area contributed by atoms with Gasteiger partial charge in [-0.2, -0.15) is 0 Å². The number of benzene rings is 2. The lowest BCUT2D eigenvalue weighted by Crippen LogP contribution is -2.36. The number of phenols is 2. The fraction of sp³-hybridized carbons (Fsp3) is 0.333. The van der Waals surface area contributed by atoms with Crippen molar-refractivity contribution in [2.75, 3.05) is 0 Å². The van der Waals surface area contributed by atoms with Gasteiger partial charge in [0.25, 0.3) is 0 Å². The first-order chi connectivity index (χ1) is 10.8. The van der Waals surface area contributed by atoms with Crippen molar-refractivity contribution in [1.82, 2.24) is 0 Å². The summed E-state index contributed by atoms with van der Waals surface area (Å²) >= 11 is 0. The summed E-state index contributed by atoms with van der Waals surface area (Å²) in [6.45, 7) is 6.73. The van der Waals surface area contributed by atoms with Crippen molar-refractivity contribution in [3.05, 3.63) is 71.3 Å². The average molecular weight is 308 g/mol. The molecular formula is C21H24O2. The predicted molar refractivity (Wildman–Crippen MR) is 93.8 cm³/mol. The highest BCUT2D eigenvalue weighted by atomic mass is 16.3. The molecule has 0 aliphatic heterocycles. The summed E-state index contributed by atoms with van der Waals surface area (Å²) in [6, 6.07) is 15.1. The van der Waals surface area contributed by atoms with Gasteiger partial charge in [-0.15, -0.1) is 0 Å². The minimum Gasteiger partial charge on any atom is -0.508 e. The summed E-state index contributed by atoms with van der Waals surface area (Å²) in [5.74, 6) is 0.578. The van der Waals surface area contributed by atoms with E-state index in [4.69, 9.17) is 0 Å². The molecule has 2 aromatic rings. The first kappa shape index (κ1) is 15.7. The molecule has 0 saturated heterocycles. The van der Waals surface area contributed by atoms with E-state index in [0.29, 0.717) is 0 Å². The predicted octanol–water partition coefficient (Wildman–Crippen LogP) is 5.15. The molecule has 0 unspecified atom stereocenters. The Balaban J connectivity index is 2.20. The molecule has 2 N–H and O–H groups in total. The van der Waals surface area contributed by atoms with Crippen molar-refractivity contribution < 1.29 is 10.2 Å². The van der Waals surface area contributed by atoms with Crippen LogP contribution in [0.4, 0.5) is 0 Å². The van der Waals surface area contributed by atoms with E-state index in [1.54, 1.807) is 24.3 Å². The van der Waals surface area contributed by atoms with Crippen LogP contribution >= 0.6 is 0 Å². The molecule has 0 saturated carbocycles. The zero-order valence-electron chi connectivity index (χ0n) is 14.0. The normalized spacial score (nSPS) is 19.2. The molecule has 0 atom stereocenters. The fourth-order valence-electron chi connectivity index (χ4n) is 4.22. The van der Waals surface area contributed by atoms with Crippen LogP contribution in [0.2, 0.25) is 0 Å². The molecule has 1 aliphatic carbocycles. The lowest BCUT2D eigenvalue weighted by atomic mass is 9.59. The van der Waals surface area contributed by atoms with Gasteiger partial charge in [0.15, 0.2) is 0 Å². The second-order valence-corrected chi connectivity index (χ2v) is 7.51. The number of hydrogen-bond donors (Lipinski definition) is 2. The van der Waals surface area contributed by atoms with Crippen LogP contribution in [0, 0.1) is 5.41 Å². The van der Waals surface area contributed by atoms with E-state index in [9.17, 15) is 10.2 Å². The first-order valence-electron chi connectivity index (χ1n) is 8.08. The molecular weight excluding hydrogens is 284 g/mol. The number of hydrogen-bond acceptors (Lipinski definition) is 2. The van der Waals surface area contributed by atoms with Crippen molar-refractivity contribution in [3.8, 4) is 11.5 Å².